The van der Waals surface area contributed by atoms with Crippen molar-refractivity contribution in [3.63, 3.8) is 0 Å². The molecule has 0 radical (unpaired) electrons. The van der Waals surface area contributed by atoms with Crippen molar-refractivity contribution in [3.8, 4) is 17.2 Å². The summed E-state index contributed by atoms with van der Waals surface area (Å²) in [4.78, 5) is 6.95. The maximum absolute atomic E-state index is 15.0. The summed E-state index contributed by atoms with van der Waals surface area (Å²) in [6, 6.07) is 16.5. The Morgan fingerprint density at radius 3 is 2.21 bits per heavy atom. The van der Waals surface area contributed by atoms with Gasteiger partial charge in [0.25, 0.3) is 6.02 Å². The molecule has 0 saturated carbocycles. The molecule has 0 spiro atoms. The van der Waals surface area contributed by atoms with Gasteiger partial charge in [-0.2, -0.15) is 0 Å². The Morgan fingerprint density at radius 1 is 0.895 bits per heavy atom. The molecular weight excluding hydrogens is 485 g/mol. The summed E-state index contributed by atoms with van der Waals surface area (Å²) in [5, 5.41) is 0. The van der Waals surface area contributed by atoms with E-state index in [0.29, 0.717) is 47.6 Å². The number of nitrogens with zero attached hydrogens (tertiary/aromatic N) is 2. The highest BCUT2D eigenvalue weighted by molar-refractivity contribution is 5.77. The van der Waals surface area contributed by atoms with Gasteiger partial charge in [0, 0.05) is 29.4 Å². The summed E-state index contributed by atoms with van der Waals surface area (Å²) < 4.78 is 37.6. The van der Waals surface area contributed by atoms with E-state index in [2.05, 4.69) is 0 Å². The molecule has 4 rings (SSSR count). The Hall–Kier alpha value is -4.20. The van der Waals surface area contributed by atoms with Crippen LogP contribution in [0.15, 0.2) is 71.4 Å². The summed E-state index contributed by atoms with van der Waals surface area (Å²) in [5.41, 5.74) is 8.86. The zero-order valence-electron chi connectivity index (χ0n) is 22.7. The fourth-order valence-electron chi connectivity index (χ4n) is 4.58. The van der Waals surface area contributed by atoms with Gasteiger partial charge < -0.3 is 29.6 Å². The van der Waals surface area contributed by atoms with Crippen LogP contribution in [-0.2, 0) is 23.4 Å². The maximum Gasteiger partial charge on any atom is 0.294 e. The van der Waals surface area contributed by atoms with Crippen LogP contribution in [0.2, 0.25) is 0 Å². The van der Waals surface area contributed by atoms with Crippen molar-refractivity contribution in [2.24, 2.45) is 4.99 Å². The molecule has 1 atom stereocenters. The number of ether oxygens (including phenoxy) is 4. The van der Waals surface area contributed by atoms with E-state index in [4.69, 9.17) is 29.7 Å². The molecular formula is C30H34FN3O4. The van der Waals surface area contributed by atoms with Crippen molar-refractivity contribution in [2.45, 2.75) is 39.4 Å². The van der Waals surface area contributed by atoms with E-state index in [1.165, 1.54) is 12.1 Å². The SMILES string of the molecule is COc1ccc(CN(Cc2ccc(OC)cc2OC)C2=N[C@](C)(c3cc(N)ccc3F)C=C(C)O2)c(C)c1. The van der Waals surface area contributed by atoms with Gasteiger partial charge in [0.15, 0.2) is 0 Å². The predicted molar refractivity (Wildman–Crippen MR) is 147 cm³/mol. The number of anilines is 1. The predicted octanol–water partition coefficient (Wildman–Crippen LogP) is 5.95. The molecule has 3 aromatic carbocycles. The van der Waals surface area contributed by atoms with Crippen LogP contribution in [0.25, 0.3) is 0 Å². The molecule has 8 heteroatoms. The number of allylic oxidation sites excluding steroid dienone is 1. The van der Waals surface area contributed by atoms with Crippen molar-refractivity contribution >= 4 is 11.7 Å². The van der Waals surface area contributed by atoms with Crippen molar-refractivity contribution < 1.29 is 23.3 Å². The third kappa shape index (κ3) is 5.69. The van der Waals surface area contributed by atoms with Gasteiger partial charge in [0.2, 0.25) is 0 Å². The minimum Gasteiger partial charge on any atom is -0.497 e. The van der Waals surface area contributed by atoms with Crippen LogP contribution in [-0.4, -0.2) is 32.3 Å². The third-order valence-electron chi connectivity index (χ3n) is 6.64. The van der Waals surface area contributed by atoms with Crippen molar-refractivity contribution in [2.75, 3.05) is 27.1 Å². The van der Waals surface area contributed by atoms with Gasteiger partial charge >= 0.3 is 0 Å². The van der Waals surface area contributed by atoms with Crippen LogP contribution in [0.1, 0.15) is 36.1 Å². The molecule has 1 aliphatic heterocycles. The normalized spacial score (nSPS) is 16.7. The Bertz CT molecular complexity index is 1390. The lowest BCUT2D eigenvalue weighted by Gasteiger charge is -2.34. The average Bonchev–Trinajstić information content (AvgIpc) is 2.90. The van der Waals surface area contributed by atoms with Crippen LogP contribution in [0.3, 0.4) is 0 Å². The summed E-state index contributed by atoms with van der Waals surface area (Å²) in [5.74, 6) is 2.37. The Morgan fingerprint density at radius 2 is 1.55 bits per heavy atom. The number of halogens is 1. The van der Waals surface area contributed by atoms with Crippen LogP contribution in [0, 0.1) is 12.7 Å². The van der Waals surface area contributed by atoms with Crippen molar-refractivity contribution in [1.29, 1.82) is 0 Å². The second kappa shape index (κ2) is 11.0. The lowest BCUT2D eigenvalue weighted by molar-refractivity contribution is 0.255. The van der Waals surface area contributed by atoms with Gasteiger partial charge in [0.1, 0.15) is 34.4 Å². The fourth-order valence-corrected chi connectivity index (χ4v) is 4.58. The molecule has 38 heavy (non-hydrogen) atoms. The first-order valence-electron chi connectivity index (χ1n) is 12.3. The molecule has 0 unspecified atom stereocenters. The van der Waals surface area contributed by atoms with E-state index in [-0.39, 0.29) is 5.82 Å². The van der Waals surface area contributed by atoms with Crippen LogP contribution >= 0.6 is 0 Å². The minimum absolute atomic E-state index is 0.363. The van der Waals surface area contributed by atoms with Crippen LogP contribution in [0.4, 0.5) is 10.1 Å². The summed E-state index contributed by atoms with van der Waals surface area (Å²) >= 11 is 0. The number of methoxy groups -OCH3 is 3. The standard InChI is InChI=1S/C30H34FN3O4/c1-19-13-24(35-4)10-7-21(19)17-34(18-22-8-11-25(36-5)15-28(22)37-6)29-33-30(3,16-20(2)38-29)26-14-23(32)9-12-27(26)31/h7-16H,17-18,32H2,1-6H3/t30-/m0/s1. The highest BCUT2D eigenvalue weighted by atomic mass is 19.1. The highest BCUT2D eigenvalue weighted by Crippen LogP contribution is 2.36. The molecule has 200 valence electrons. The largest absolute Gasteiger partial charge is 0.497 e. The topological polar surface area (TPSA) is 78.5 Å². The summed E-state index contributed by atoms with van der Waals surface area (Å²) in [7, 11) is 4.88. The van der Waals surface area contributed by atoms with Gasteiger partial charge in [-0.3, -0.25) is 0 Å². The lowest BCUT2D eigenvalue weighted by atomic mass is 9.90. The molecule has 0 amide bonds. The molecule has 1 heterocycles. The number of rotatable bonds is 8. The number of nitrogens with two attached hydrogens (primary N) is 1. The second-order valence-electron chi connectivity index (χ2n) is 9.46. The molecule has 2 N–H and O–H groups in total. The fraction of sp³-hybridized carbons (Fsp3) is 0.300. The monoisotopic (exact) mass is 519 g/mol. The van der Waals surface area contributed by atoms with Gasteiger partial charge in [-0.25, -0.2) is 9.38 Å². The van der Waals surface area contributed by atoms with E-state index in [0.717, 1.165) is 22.4 Å². The van der Waals surface area contributed by atoms with Crippen LogP contribution < -0.4 is 19.9 Å². The zero-order chi connectivity index (χ0) is 27.4. The number of hydrogen-bond donors (Lipinski definition) is 1. The average molecular weight is 520 g/mol. The van der Waals surface area contributed by atoms with Gasteiger partial charge in [-0.1, -0.05) is 6.07 Å². The quantitative estimate of drug-likeness (QED) is 0.371. The Labute approximate surface area is 223 Å². The van der Waals surface area contributed by atoms with E-state index >= 15 is 0 Å². The van der Waals surface area contributed by atoms with E-state index in [9.17, 15) is 4.39 Å². The zero-order valence-corrected chi connectivity index (χ0v) is 22.7. The maximum atomic E-state index is 15.0. The highest BCUT2D eigenvalue weighted by Gasteiger charge is 2.34. The van der Waals surface area contributed by atoms with E-state index < -0.39 is 5.54 Å². The molecule has 1 aliphatic rings. The number of nitrogen functional groups attached to an aromatic ring is 1. The number of aliphatic imine (C=N–C) groups is 1. The van der Waals surface area contributed by atoms with E-state index in [1.54, 1.807) is 33.5 Å². The minimum atomic E-state index is -1.02. The van der Waals surface area contributed by atoms with Crippen LogP contribution in [0.5, 0.6) is 17.2 Å². The van der Waals surface area contributed by atoms with Gasteiger partial charge in [0.05, 0.1) is 27.9 Å². The van der Waals surface area contributed by atoms with Crippen molar-refractivity contribution in [1.82, 2.24) is 4.90 Å². The first-order valence-corrected chi connectivity index (χ1v) is 12.3. The molecule has 0 bridgehead atoms. The first-order chi connectivity index (χ1) is 18.1. The van der Waals surface area contributed by atoms with E-state index in [1.807, 2.05) is 62.1 Å². The first kappa shape index (κ1) is 26.9. The number of hydrogen-bond acceptors (Lipinski definition) is 7. The molecule has 0 saturated heterocycles. The Kier molecular flexibility index (Phi) is 7.80. The molecule has 3 aromatic rings. The smallest absolute Gasteiger partial charge is 0.294 e. The summed E-state index contributed by atoms with van der Waals surface area (Å²) in [6.07, 6.45) is 1.80. The molecule has 7 nitrogen and oxygen atoms in total. The molecule has 0 aromatic heterocycles. The van der Waals surface area contributed by atoms with Gasteiger partial charge in [-0.05, 0) is 80.4 Å². The number of benzene rings is 3. The molecule has 0 fully saturated rings. The van der Waals surface area contributed by atoms with Crippen molar-refractivity contribution in [3.05, 3.63) is 94.5 Å². The Balaban J connectivity index is 1.80. The van der Waals surface area contributed by atoms with Gasteiger partial charge in [-0.15, -0.1) is 0 Å². The lowest BCUT2D eigenvalue weighted by Crippen LogP contribution is -2.37. The summed E-state index contributed by atoms with van der Waals surface area (Å²) in [6.45, 7) is 6.61. The number of amidine groups is 1. The second-order valence-corrected chi connectivity index (χ2v) is 9.46. The molecule has 0 aliphatic carbocycles. The number of aryl methyl sites for hydroxylation is 1. The third-order valence-corrected chi connectivity index (χ3v) is 6.64.